The molecule has 5 nitrogen and oxygen atoms in total. The van der Waals surface area contributed by atoms with Gasteiger partial charge in [0.2, 0.25) is 0 Å². The molecule has 2 N–H and O–H groups in total. The number of hydrogen-bond acceptors (Lipinski definition) is 3. The zero-order chi connectivity index (χ0) is 17.5. The Morgan fingerprint density at radius 1 is 1.04 bits per heavy atom. The number of rotatable bonds is 5. The van der Waals surface area contributed by atoms with E-state index >= 15 is 0 Å². The van der Waals surface area contributed by atoms with Crippen LogP contribution in [0, 0.1) is 5.82 Å². The SMILES string of the molecule is CN=C(NCc1cc(-c2ccccc2)on1)NCc1ccccc1F. The summed E-state index contributed by atoms with van der Waals surface area (Å²) >= 11 is 0. The van der Waals surface area contributed by atoms with Crippen LogP contribution in [-0.4, -0.2) is 18.2 Å². The number of nitrogens with one attached hydrogen (secondary N) is 2. The lowest BCUT2D eigenvalue weighted by atomic mass is 10.2. The number of benzene rings is 2. The highest BCUT2D eigenvalue weighted by Gasteiger charge is 2.07. The number of guanidine groups is 1. The molecule has 6 heteroatoms. The lowest BCUT2D eigenvalue weighted by molar-refractivity contribution is 0.422. The molecule has 3 rings (SSSR count). The molecule has 0 bridgehead atoms. The Morgan fingerprint density at radius 2 is 1.76 bits per heavy atom. The monoisotopic (exact) mass is 338 g/mol. The molecule has 0 saturated carbocycles. The molecule has 0 unspecified atom stereocenters. The van der Waals surface area contributed by atoms with Gasteiger partial charge in [0.1, 0.15) is 11.5 Å². The van der Waals surface area contributed by atoms with Crippen LogP contribution in [0.4, 0.5) is 4.39 Å². The third kappa shape index (κ3) is 4.44. The van der Waals surface area contributed by atoms with Crippen molar-refractivity contribution in [2.75, 3.05) is 7.05 Å². The zero-order valence-corrected chi connectivity index (χ0v) is 13.9. The van der Waals surface area contributed by atoms with Crippen LogP contribution in [-0.2, 0) is 13.1 Å². The van der Waals surface area contributed by atoms with Gasteiger partial charge in [-0.2, -0.15) is 0 Å². The quantitative estimate of drug-likeness (QED) is 0.553. The van der Waals surface area contributed by atoms with Crippen LogP contribution in [0.1, 0.15) is 11.3 Å². The number of halogens is 1. The summed E-state index contributed by atoms with van der Waals surface area (Å²) in [6, 6.07) is 18.3. The first kappa shape index (κ1) is 16.7. The summed E-state index contributed by atoms with van der Waals surface area (Å²) in [5.74, 6) is 1.04. The van der Waals surface area contributed by atoms with E-state index in [9.17, 15) is 4.39 Å². The Balaban J connectivity index is 1.55. The van der Waals surface area contributed by atoms with Crippen LogP contribution in [0.3, 0.4) is 0 Å². The van der Waals surface area contributed by atoms with Crippen LogP contribution < -0.4 is 10.6 Å². The zero-order valence-electron chi connectivity index (χ0n) is 13.9. The van der Waals surface area contributed by atoms with Crippen molar-refractivity contribution >= 4 is 5.96 Å². The van der Waals surface area contributed by atoms with Crippen molar-refractivity contribution in [3.8, 4) is 11.3 Å². The van der Waals surface area contributed by atoms with E-state index in [1.165, 1.54) is 6.07 Å². The van der Waals surface area contributed by atoms with Gasteiger partial charge >= 0.3 is 0 Å². The summed E-state index contributed by atoms with van der Waals surface area (Å²) in [4.78, 5) is 4.13. The minimum atomic E-state index is -0.241. The molecule has 1 aromatic heterocycles. The van der Waals surface area contributed by atoms with E-state index in [1.807, 2.05) is 36.4 Å². The topological polar surface area (TPSA) is 62.5 Å². The van der Waals surface area contributed by atoms with Gasteiger partial charge in [0, 0.05) is 30.8 Å². The van der Waals surface area contributed by atoms with Crippen LogP contribution in [0.25, 0.3) is 11.3 Å². The highest BCUT2D eigenvalue weighted by Crippen LogP contribution is 2.19. The van der Waals surface area contributed by atoms with Crippen molar-refractivity contribution in [1.82, 2.24) is 15.8 Å². The second-order valence-electron chi connectivity index (χ2n) is 5.42. The van der Waals surface area contributed by atoms with Crippen LogP contribution in [0.5, 0.6) is 0 Å². The van der Waals surface area contributed by atoms with Gasteiger partial charge in [0.25, 0.3) is 0 Å². The van der Waals surface area contributed by atoms with Crippen molar-refractivity contribution in [3.63, 3.8) is 0 Å². The van der Waals surface area contributed by atoms with E-state index < -0.39 is 0 Å². The van der Waals surface area contributed by atoms with E-state index in [1.54, 1.807) is 25.2 Å². The third-order valence-electron chi connectivity index (χ3n) is 3.68. The van der Waals surface area contributed by atoms with Gasteiger partial charge in [-0.05, 0) is 6.07 Å². The van der Waals surface area contributed by atoms with Gasteiger partial charge in [0.05, 0.1) is 6.54 Å². The highest BCUT2D eigenvalue weighted by atomic mass is 19.1. The summed E-state index contributed by atoms with van der Waals surface area (Å²) in [6.45, 7) is 0.799. The normalized spacial score (nSPS) is 11.4. The average Bonchev–Trinajstić information content (AvgIpc) is 3.13. The fourth-order valence-corrected chi connectivity index (χ4v) is 2.35. The molecule has 2 aromatic carbocycles. The number of nitrogens with zero attached hydrogens (tertiary/aromatic N) is 2. The predicted octanol–water partition coefficient (Wildman–Crippen LogP) is 3.35. The molecule has 0 aliphatic carbocycles. The molecular formula is C19H19FN4O. The van der Waals surface area contributed by atoms with E-state index in [-0.39, 0.29) is 5.82 Å². The lowest BCUT2D eigenvalue weighted by Crippen LogP contribution is -2.36. The minimum absolute atomic E-state index is 0.241. The van der Waals surface area contributed by atoms with Crippen molar-refractivity contribution in [3.05, 3.63) is 77.7 Å². The molecule has 0 spiro atoms. The lowest BCUT2D eigenvalue weighted by Gasteiger charge is -2.11. The van der Waals surface area contributed by atoms with E-state index in [2.05, 4.69) is 20.8 Å². The second kappa shape index (κ2) is 8.10. The van der Waals surface area contributed by atoms with Crippen LogP contribution in [0.2, 0.25) is 0 Å². The molecule has 1 heterocycles. The molecule has 0 amide bonds. The van der Waals surface area contributed by atoms with Gasteiger partial charge in [0.15, 0.2) is 11.7 Å². The van der Waals surface area contributed by atoms with E-state index in [4.69, 9.17) is 4.52 Å². The summed E-state index contributed by atoms with van der Waals surface area (Å²) < 4.78 is 19.0. The standard InChI is InChI=1S/C19H19FN4O/c1-21-19(22-12-15-9-5-6-10-17(15)20)23-13-16-11-18(25-24-16)14-7-3-2-4-8-14/h2-11H,12-13H2,1H3,(H2,21,22,23). The van der Waals surface area contributed by atoms with E-state index in [0.29, 0.717) is 30.4 Å². The third-order valence-corrected chi connectivity index (χ3v) is 3.68. The van der Waals surface area contributed by atoms with Gasteiger partial charge in [-0.25, -0.2) is 4.39 Å². The Morgan fingerprint density at radius 3 is 2.52 bits per heavy atom. The maximum absolute atomic E-state index is 13.6. The Bertz CT molecular complexity index is 845. The smallest absolute Gasteiger partial charge is 0.191 e. The summed E-state index contributed by atoms with van der Waals surface area (Å²) in [5, 5.41) is 10.3. The van der Waals surface area contributed by atoms with Gasteiger partial charge in [-0.15, -0.1) is 0 Å². The Labute approximate surface area is 145 Å². The number of aromatic nitrogens is 1. The van der Waals surface area contributed by atoms with Gasteiger partial charge in [-0.3, -0.25) is 4.99 Å². The molecule has 0 radical (unpaired) electrons. The fourth-order valence-electron chi connectivity index (χ4n) is 2.35. The number of aliphatic imine (C=N–C) groups is 1. The number of hydrogen-bond donors (Lipinski definition) is 2. The summed E-state index contributed by atoms with van der Waals surface area (Å²) in [6.07, 6.45) is 0. The van der Waals surface area contributed by atoms with Crippen molar-refractivity contribution in [1.29, 1.82) is 0 Å². The Kier molecular flexibility index (Phi) is 5.41. The fraction of sp³-hybridized carbons (Fsp3) is 0.158. The van der Waals surface area contributed by atoms with Crippen molar-refractivity contribution < 1.29 is 8.91 Å². The molecule has 0 fully saturated rings. The first-order valence-electron chi connectivity index (χ1n) is 7.95. The molecule has 128 valence electrons. The first-order valence-corrected chi connectivity index (χ1v) is 7.95. The average molecular weight is 338 g/mol. The molecule has 0 atom stereocenters. The van der Waals surface area contributed by atoms with Crippen molar-refractivity contribution in [2.24, 2.45) is 4.99 Å². The molecule has 25 heavy (non-hydrogen) atoms. The first-order chi connectivity index (χ1) is 12.3. The summed E-state index contributed by atoms with van der Waals surface area (Å²) in [5.41, 5.74) is 2.31. The van der Waals surface area contributed by atoms with Gasteiger partial charge < -0.3 is 15.2 Å². The maximum atomic E-state index is 13.6. The molecule has 0 aliphatic heterocycles. The Hall–Kier alpha value is -3.15. The molecule has 0 aliphatic rings. The maximum Gasteiger partial charge on any atom is 0.191 e. The van der Waals surface area contributed by atoms with Crippen molar-refractivity contribution in [2.45, 2.75) is 13.1 Å². The highest BCUT2D eigenvalue weighted by molar-refractivity contribution is 5.79. The predicted molar refractivity (Wildman–Crippen MR) is 95.4 cm³/mol. The minimum Gasteiger partial charge on any atom is -0.356 e. The molecule has 3 aromatic rings. The molecule has 0 saturated heterocycles. The van der Waals surface area contributed by atoms with E-state index in [0.717, 1.165) is 11.3 Å². The summed E-state index contributed by atoms with van der Waals surface area (Å²) in [7, 11) is 1.66. The molecular weight excluding hydrogens is 319 g/mol. The second-order valence-corrected chi connectivity index (χ2v) is 5.42. The van der Waals surface area contributed by atoms with Crippen LogP contribution in [0.15, 0.2) is 70.2 Å². The largest absolute Gasteiger partial charge is 0.356 e. The van der Waals surface area contributed by atoms with Crippen LogP contribution >= 0.6 is 0 Å². The van der Waals surface area contributed by atoms with Gasteiger partial charge in [-0.1, -0.05) is 53.7 Å².